The van der Waals surface area contributed by atoms with E-state index < -0.39 is 0 Å². The molecule has 1 saturated heterocycles. The fraction of sp³-hybridized carbons (Fsp3) is 0.500. The zero-order valence-corrected chi connectivity index (χ0v) is 9.98. The van der Waals surface area contributed by atoms with Gasteiger partial charge in [0, 0.05) is 19.6 Å². The predicted molar refractivity (Wildman–Crippen MR) is 64.8 cm³/mol. The fourth-order valence-corrected chi connectivity index (χ4v) is 2.17. The maximum absolute atomic E-state index is 8.99. The zero-order valence-electron chi connectivity index (χ0n) is 9.98. The average molecular weight is 214 g/mol. The molecule has 0 N–H and O–H groups in total. The average Bonchev–Trinajstić information content (AvgIpc) is 2.22. The summed E-state index contributed by atoms with van der Waals surface area (Å²) < 4.78 is 0. The topological polar surface area (TPSA) is 27.0 Å². The minimum absolute atomic E-state index is 0.780. The molecule has 0 atom stereocenters. The number of likely N-dealkylation sites (tertiary alicyclic amines) is 1. The van der Waals surface area contributed by atoms with Crippen LogP contribution in [-0.2, 0) is 6.54 Å². The monoisotopic (exact) mass is 214 g/mol. The van der Waals surface area contributed by atoms with Crippen molar-refractivity contribution in [1.29, 1.82) is 5.26 Å². The molecule has 0 saturated carbocycles. The van der Waals surface area contributed by atoms with Crippen LogP contribution in [0.25, 0.3) is 0 Å². The number of rotatable bonds is 3. The van der Waals surface area contributed by atoms with Crippen molar-refractivity contribution in [3.63, 3.8) is 0 Å². The van der Waals surface area contributed by atoms with Gasteiger partial charge >= 0.3 is 0 Å². The summed E-state index contributed by atoms with van der Waals surface area (Å²) in [6.45, 7) is 7.85. The molecule has 0 aromatic heterocycles. The molecule has 84 valence electrons. The van der Waals surface area contributed by atoms with E-state index in [1.165, 1.54) is 13.1 Å². The number of nitrogens with zero attached hydrogens (tertiary/aromatic N) is 2. The van der Waals surface area contributed by atoms with Crippen LogP contribution in [0, 0.1) is 23.2 Å². The van der Waals surface area contributed by atoms with E-state index in [1.54, 1.807) is 0 Å². The molecule has 1 aromatic carbocycles. The van der Waals surface area contributed by atoms with E-state index in [4.69, 9.17) is 5.26 Å². The lowest BCUT2D eigenvalue weighted by atomic mass is 9.88. The zero-order chi connectivity index (χ0) is 11.5. The summed E-state index contributed by atoms with van der Waals surface area (Å²) in [7, 11) is 0. The Morgan fingerprint density at radius 1 is 1.38 bits per heavy atom. The van der Waals surface area contributed by atoms with Crippen LogP contribution in [0.2, 0.25) is 0 Å². The lowest BCUT2D eigenvalue weighted by molar-refractivity contribution is 0.0614. The first kappa shape index (κ1) is 11.2. The second-order valence-electron chi connectivity index (χ2n) is 4.97. The van der Waals surface area contributed by atoms with Crippen LogP contribution in [-0.4, -0.2) is 18.0 Å². The van der Waals surface area contributed by atoms with E-state index in [-0.39, 0.29) is 0 Å². The van der Waals surface area contributed by atoms with E-state index in [0.717, 1.165) is 29.5 Å². The first-order chi connectivity index (χ1) is 7.70. The molecule has 2 heteroatoms. The standard InChI is InChI=1S/C14H18N2/c1-11(2)14-9-16(10-14)8-13-6-4-3-5-12(13)7-15/h3-6,11,14H,8-10H2,1-2H3. The molecule has 0 bridgehead atoms. The molecule has 0 amide bonds. The minimum Gasteiger partial charge on any atom is -0.298 e. The second-order valence-corrected chi connectivity index (χ2v) is 4.97. The quantitative estimate of drug-likeness (QED) is 0.773. The maximum atomic E-state index is 8.99. The van der Waals surface area contributed by atoms with Crippen LogP contribution in [0.15, 0.2) is 24.3 Å². The Morgan fingerprint density at radius 2 is 2.06 bits per heavy atom. The summed E-state index contributed by atoms with van der Waals surface area (Å²) in [4.78, 5) is 2.42. The van der Waals surface area contributed by atoms with Gasteiger partial charge in [-0.05, 0) is 23.5 Å². The van der Waals surface area contributed by atoms with Gasteiger partial charge in [0.05, 0.1) is 11.6 Å². The smallest absolute Gasteiger partial charge is 0.0995 e. The van der Waals surface area contributed by atoms with Gasteiger partial charge in [0.2, 0.25) is 0 Å². The van der Waals surface area contributed by atoms with Crippen molar-refractivity contribution in [2.24, 2.45) is 11.8 Å². The van der Waals surface area contributed by atoms with Gasteiger partial charge in [0.25, 0.3) is 0 Å². The number of benzene rings is 1. The summed E-state index contributed by atoms with van der Waals surface area (Å²) in [5.41, 5.74) is 1.97. The third-order valence-corrected chi connectivity index (χ3v) is 3.46. The summed E-state index contributed by atoms with van der Waals surface area (Å²) >= 11 is 0. The molecular formula is C14H18N2. The third kappa shape index (κ3) is 2.25. The Bertz CT molecular complexity index is 397. The Kier molecular flexibility index (Phi) is 3.26. The summed E-state index contributed by atoms with van der Waals surface area (Å²) in [5, 5.41) is 8.99. The van der Waals surface area contributed by atoms with Gasteiger partial charge in [-0.15, -0.1) is 0 Å². The first-order valence-corrected chi connectivity index (χ1v) is 5.91. The molecule has 1 heterocycles. The molecule has 0 unspecified atom stereocenters. The van der Waals surface area contributed by atoms with Crippen LogP contribution in [0.1, 0.15) is 25.0 Å². The van der Waals surface area contributed by atoms with Crippen LogP contribution < -0.4 is 0 Å². The predicted octanol–water partition coefficient (Wildman–Crippen LogP) is 2.65. The minimum atomic E-state index is 0.780. The highest BCUT2D eigenvalue weighted by Gasteiger charge is 2.28. The van der Waals surface area contributed by atoms with Crippen molar-refractivity contribution in [3.05, 3.63) is 35.4 Å². The Morgan fingerprint density at radius 3 is 2.69 bits per heavy atom. The highest BCUT2D eigenvalue weighted by molar-refractivity contribution is 5.37. The SMILES string of the molecule is CC(C)C1CN(Cc2ccccc2C#N)C1. The summed E-state index contributed by atoms with van der Waals surface area (Å²) in [6, 6.07) is 10.1. The lowest BCUT2D eigenvalue weighted by Crippen LogP contribution is -2.48. The van der Waals surface area contributed by atoms with Gasteiger partial charge in [-0.1, -0.05) is 32.0 Å². The molecule has 1 aliphatic heterocycles. The lowest BCUT2D eigenvalue weighted by Gasteiger charge is -2.41. The van der Waals surface area contributed by atoms with Gasteiger partial charge < -0.3 is 0 Å². The number of hydrogen-bond acceptors (Lipinski definition) is 2. The van der Waals surface area contributed by atoms with Gasteiger partial charge in [-0.25, -0.2) is 0 Å². The molecule has 0 radical (unpaired) electrons. The Labute approximate surface area is 97.5 Å². The summed E-state index contributed by atoms with van der Waals surface area (Å²) in [6.07, 6.45) is 0. The fourth-order valence-electron chi connectivity index (χ4n) is 2.17. The van der Waals surface area contributed by atoms with E-state index in [1.807, 2.05) is 18.2 Å². The van der Waals surface area contributed by atoms with Crippen molar-refractivity contribution in [2.45, 2.75) is 20.4 Å². The molecule has 16 heavy (non-hydrogen) atoms. The van der Waals surface area contributed by atoms with Crippen molar-refractivity contribution in [3.8, 4) is 6.07 Å². The van der Waals surface area contributed by atoms with Crippen LogP contribution >= 0.6 is 0 Å². The van der Waals surface area contributed by atoms with Crippen LogP contribution in [0.3, 0.4) is 0 Å². The number of nitriles is 1. The summed E-state index contributed by atoms with van der Waals surface area (Å²) in [5.74, 6) is 1.62. The van der Waals surface area contributed by atoms with Crippen molar-refractivity contribution < 1.29 is 0 Å². The Hall–Kier alpha value is -1.33. The van der Waals surface area contributed by atoms with E-state index >= 15 is 0 Å². The first-order valence-electron chi connectivity index (χ1n) is 5.91. The second kappa shape index (κ2) is 4.67. The van der Waals surface area contributed by atoms with Crippen LogP contribution in [0.4, 0.5) is 0 Å². The molecule has 1 fully saturated rings. The van der Waals surface area contributed by atoms with Gasteiger partial charge in [-0.2, -0.15) is 5.26 Å². The van der Waals surface area contributed by atoms with Crippen LogP contribution in [0.5, 0.6) is 0 Å². The van der Waals surface area contributed by atoms with E-state index in [9.17, 15) is 0 Å². The molecule has 1 aliphatic rings. The molecule has 2 nitrogen and oxygen atoms in total. The molecular weight excluding hydrogens is 196 g/mol. The Balaban J connectivity index is 1.94. The van der Waals surface area contributed by atoms with E-state index in [2.05, 4.69) is 30.9 Å². The normalized spacial score (nSPS) is 17.1. The maximum Gasteiger partial charge on any atom is 0.0995 e. The number of hydrogen-bond donors (Lipinski definition) is 0. The van der Waals surface area contributed by atoms with Gasteiger partial charge in [-0.3, -0.25) is 4.90 Å². The van der Waals surface area contributed by atoms with Crippen molar-refractivity contribution >= 4 is 0 Å². The highest BCUT2D eigenvalue weighted by atomic mass is 15.2. The molecule has 1 aromatic rings. The molecule has 2 rings (SSSR count). The largest absolute Gasteiger partial charge is 0.298 e. The van der Waals surface area contributed by atoms with Gasteiger partial charge in [0.1, 0.15) is 0 Å². The third-order valence-electron chi connectivity index (χ3n) is 3.46. The highest BCUT2D eigenvalue weighted by Crippen LogP contribution is 2.25. The van der Waals surface area contributed by atoms with Crippen molar-refractivity contribution in [1.82, 2.24) is 4.90 Å². The molecule has 0 spiro atoms. The molecule has 0 aliphatic carbocycles. The van der Waals surface area contributed by atoms with E-state index in [0.29, 0.717) is 0 Å². The van der Waals surface area contributed by atoms with Gasteiger partial charge in [0.15, 0.2) is 0 Å². The van der Waals surface area contributed by atoms with Crippen molar-refractivity contribution in [2.75, 3.05) is 13.1 Å².